The third-order valence-corrected chi connectivity index (χ3v) is 4.20. The quantitative estimate of drug-likeness (QED) is 0.422. The molecule has 2 N–H and O–H groups in total. The van der Waals surface area contributed by atoms with Crippen LogP contribution in [0.15, 0.2) is 30.3 Å². The van der Waals surface area contributed by atoms with Crippen molar-refractivity contribution in [2.75, 3.05) is 13.2 Å². The van der Waals surface area contributed by atoms with Crippen molar-refractivity contribution < 1.29 is 19.4 Å². The van der Waals surface area contributed by atoms with E-state index in [-0.39, 0.29) is 12.3 Å². The molecule has 0 unspecified atom stereocenters. The zero-order chi connectivity index (χ0) is 18.9. The van der Waals surface area contributed by atoms with E-state index in [1.165, 1.54) is 19.3 Å². The third-order valence-electron chi connectivity index (χ3n) is 4.20. The fourth-order valence-electron chi connectivity index (χ4n) is 2.72. The molecule has 0 saturated carbocycles. The predicted molar refractivity (Wildman–Crippen MR) is 103 cm³/mol. The van der Waals surface area contributed by atoms with Crippen molar-refractivity contribution >= 4 is 11.9 Å². The molecule has 0 saturated heterocycles. The van der Waals surface area contributed by atoms with Gasteiger partial charge in [0.15, 0.2) is 0 Å². The van der Waals surface area contributed by atoms with E-state index in [9.17, 15) is 9.59 Å². The topological polar surface area (TPSA) is 75.6 Å². The number of aliphatic carboxylic acids is 1. The molecule has 1 amide bonds. The summed E-state index contributed by atoms with van der Waals surface area (Å²) in [6, 6.07) is 9.64. The Hall–Kier alpha value is -2.04. The van der Waals surface area contributed by atoms with Gasteiger partial charge in [0.1, 0.15) is 5.75 Å². The SMILES string of the molecule is O=C(O)CCCCCCCCCCNC(=O)CCCOc1ccccc1. The first-order valence-electron chi connectivity index (χ1n) is 9.85. The summed E-state index contributed by atoms with van der Waals surface area (Å²) in [4.78, 5) is 22.1. The molecule has 5 heteroatoms. The molecular weight excluding hydrogens is 330 g/mol. The van der Waals surface area contributed by atoms with Crippen LogP contribution in [0.1, 0.15) is 70.6 Å². The first-order valence-corrected chi connectivity index (χ1v) is 9.85. The molecule has 0 atom stereocenters. The van der Waals surface area contributed by atoms with Crippen molar-refractivity contribution in [1.82, 2.24) is 5.32 Å². The van der Waals surface area contributed by atoms with Gasteiger partial charge in [0.05, 0.1) is 6.61 Å². The average molecular weight is 363 g/mol. The molecule has 1 rings (SSSR count). The summed E-state index contributed by atoms with van der Waals surface area (Å²) >= 11 is 0. The monoisotopic (exact) mass is 363 g/mol. The number of hydrogen-bond donors (Lipinski definition) is 2. The van der Waals surface area contributed by atoms with E-state index in [0.29, 0.717) is 13.0 Å². The number of carboxylic acids is 1. The highest BCUT2D eigenvalue weighted by molar-refractivity contribution is 5.75. The molecule has 0 aliphatic rings. The number of rotatable bonds is 16. The molecule has 0 aliphatic carbocycles. The number of para-hydroxylation sites is 1. The van der Waals surface area contributed by atoms with Crippen molar-refractivity contribution in [1.29, 1.82) is 0 Å². The summed E-state index contributed by atoms with van der Waals surface area (Å²) in [7, 11) is 0. The lowest BCUT2D eigenvalue weighted by molar-refractivity contribution is -0.137. The van der Waals surface area contributed by atoms with E-state index < -0.39 is 5.97 Å². The van der Waals surface area contributed by atoms with Gasteiger partial charge in [-0.1, -0.05) is 56.7 Å². The maximum Gasteiger partial charge on any atom is 0.303 e. The second-order valence-electron chi connectivity index (χ2n) is 6.59. The number of hydrogen-bond acceptors (Lipinski definition) is 3. The molecule has 0 heterocycles. The van der Waals surface area contributed by atoms with Gasteiger partial charge < -0.3 is 15.2 Å². The Morgan fingerprint density at radius 2 is 1.42 bits per heavy atom. The molecule has 1 aromatic carbocycles. The maximum atomic E-state index is 11.7. The van der Waals surface area contributed by atoms with Crippen molar-refractivity contribution in [3.63, 3.8) is 0 Å². The standard InChI is InChI=1S/C21H33NO4/c23-20(15-12-18-26-19-13-8-7-9-14-19)22-17-11-6-4-2-1-3-5-10-16-21(24)25/h7-9,13-14H,1-6,10-12,15-18H2,(H,22,23)(H,24,25). The fraction of sp³-hybridized carbons (Fsp3) is 0.619. The molecule has 0 bridgehead atoms. The van der Waals surface area contributed by atoms with Crippen LogP contribution in [-0.4, -0.2) is 30.1 Å². The lowest BCUT2D eigenvalue weighted by atomic mass is 10.1. The molecule has 1 aromatic rings. The molecule has 0 spiro atoms. The Morgan fingerprint density at radius 1 is 0.808 bits per heavy atom. The molecule has 0 aromatic heterocycles. The number of ether oxygens (including phenoxy) is 1. The van der Waals surface area contributed by atoms with Crippen molar-refractivity contribution in [2.24, 2.45) is 0 Å². The number of carbonyl (C=O) groups excluding carboxylic acids is 1. The molecule has 0 fully saturated rings. The van der Waals surface area contributed by atoms with Crippen LogP contribution >= 0.6 is 0 Å². The van der Waals surface area contributed by atoms with Gasteiger partial charge in [0.25, 0.3) is 0 Å². The van der Waals surface area contributed by atoms with E-state index in [1.807, 2.05) is 30.3 Å². The first kappa shape index (κ1) is 22.0. The van der Waals surface area contributed by atoms with Crippen LogP contribution in [0.3, 0.4) is 0 Å². The van der Waals surface area contributed by atoms with Crippen molar-refractivity contribution in [2.45, 2.75) is 70.6 Å². The first-order chi connectivity index (χ1) is 12.7. The van der Waals surface area contributed by atoms with Gasteiger partial charge in [-0.2, -0.15) is 0 Å². The second kappa shape index (κ2) is 15.2. The maximum absolute atomic E-state index is 11.7. The molecule has 146 valence electrons. The Kier molecular flexibility index (Phi) is 12.9. The Balaban J connectivity index is 1.81. The summed E-state index contributed by atoms with van der Waals surface area (Å²) in [6.07, 6.45) is 10.1. The summed E-state index contributed by atoms with van der Waals surface area (Å²) in [5.74, 6) is 0.241. The van der Waals surface area contributed by atoms with Crippen molar-refractivity contribution in [3.05, 3.63) is 30.3 Å². The van der Waals surface area contributed by atoms with Gasteiger partial charge in [-0.25, -0.2) is 0 Å². The van der Waals surface area contributed by atoms with Gasteiger partial charge in [0, 0.05) is 19.4 Å². The Labute approximate surface area is 157 Å². The highest BCUT2D eigenvalue weighted by Gasteiger charge is 2.01. The fourth-order valence-corrected chi connectivity index (χ4v) is 2.72. The van der Waals surface area contributed by atoms with Crippen LogP contribution in [-0.2, 0) is 9.59 Å². The van der Waals surface area contributed by atoms with Gasteiger partial charge in [-0.15, -0.1) is 0 Å². The number of unbranched alkanes of at least 4 members (excludes halogenated alkanes) is 7. The van der Waals surface area contributed by atoms with Gasteiger partial charge in [-0.05, 0) is 31.4 Å². The van der Waals surface area contributed by atoms with E-state index in [1.54, 1.807) is 0 Å². The minimum absolute atomic E-state index is 0.0973. The number of carbonyl (C=O) groups is 2. The number of amides is 1. The van der Waals surface area contributed by atoms with E-state index in [0.717, 1.165) is 50.8 Å². The zero-order valence-electron chi connectivity index (χ0n) is 15.8. The Bertz CT molecular complexity index is 490. The van der Waals surface area contributed by atoms with Crippen LogP contribution in [0.4, 0.5) is 0 Å². The van der Waals surface area contributed by atoms with Crippen molar-refractivity contribution in [3.8, 4) is 5.75 Å². The minimum atomic E-state index is -0.698. The lowest BCUT2D eigenvalue weighted by Crippen LogP contribution is -2.24. The van der Waals surface area contributed by atoms with Crippen LogP contribution in [0.2, 0.25) is 0 Å². The minimum Gasteiger partial charge on any atom is -0.494 e. The smallest absolute Gasteiger partial charge is 0.303 e. The number of benzene rings is 1. The normalized spacial score (nSPS) is 10.5. The van der Waals surface area contributed by atoms with Gasteiger partial charge in [-0.3, -0.25) is 9.59 Å². The predicted octanol–water partition coefficient (Wildman–Crippen LogP) is 4.56. The summed E-state index contributed by atoms with van der Waals surface area (Å²) in [6.45, 7) is 1.31. The molecular formula is C21H33NO4. The molecule has 0 radical (unpaired) electrons. The Morgan fingerprint density at radius 3 is 2.08 bits per heavy atom. The van der Waals surface area contributed by atoms with Crippen LogP contribution in [0.5, 0.6) is 5.75 Å². The second-order valence-corrected chi connectivity index (χ2v) is 6.59. The van der Waals surface area contributed by atoms with E-state index in [2.05, 4.69) is 5.32 Å². The molecule has 26 heavy (non-hydrogen) atoms. The molecule has 0 aliphatic heterocycles. The largest absolute Gasteiger partial charge is 0.494 e. The van der Waals surface area contributed by atoms with Gasteiger partial charge >= 0.3 is 5.97 Å². The highest BCUT2D eigenvalue weighted by atomic mass is 16.5. The highest BCUT2D eigenvalue weighted by Crippen LogP contribution is 2.10. The number of carboxylic acid groups (broad SMARTS) is 1. The number of nitrogens with one attached hydrogen (secondary N) is 1. The summed E-state index contributed by atoms with van der Waals surface area (Å²) < 4.78 is 5.56. The molecule has 5 nitrogen and oxygen atoms in total. The lowest BCUT2D eigenvalue weighted by Gasteiger charge is -2.07. The van der Waals surface area contributed by atoms with Crippen LogP contribution in [0, 0.1) is 0 Å². The summed E-state index contributed by atoms with van der Waals surface area (Å²) in [5, 5.41) is 11.5. The average Bonchev–Trinajstić information content (AvgIpc) is 2.64. The third kappa shape index (κ3) is 13.3. The van der Waals surface area contributed by atoms with Crippen LogP contribution < -0.4 is 10.1 Å². The van der Waals surface area contributed by atoms with Crippen LogP contribution in [0.25, 0.3) is 0 Å². The summed E-state index contributed by atoms with van der Waals surface area (Å²) in [5.41, 5.74) is 0. The van der Waals surface area contributed by atoms with Gasteiger partial charge in [0.2, 0.25) is 5.91 Å². The van der Waals surface area contributed by atoms with E-state index >= 15 is 0 Å². The zero-order valence-corrected chi connectivity index (χ0v) is 15.8. The van der Waals surface area contributed by atoms with E-state index in [4.69, 9.17) is 9.84 Å².